The van der Waals surface area contributed by atoms with E-state index in [-0.39, 0.29) is 24.2 Å². The number of halogens is 1. The van der Waals surface area contributed by atoms with Gasteiger partial charge in [0.1, 0.15) is 5.82 Å². The van der Waals surface area contributed by atoms with Crippen LogP contribution in [0.4, 0.5) is 4.39 Å². The van der Waals surface area contributed by atoms with Crippen molar-refractivity contribution in [2.75, 3.05) is 0 Å². The molecule has 1 aliphatic rings. The number of amides is 1. The Bertz CT molecular complexity index is 572. The van der Waals surface area contributed by atoms with Crippen molar-refractivity contribution in [3.8, 4) is 0 Å². The van der Waals surface area contributed by atoms with Crippen LogP contribution in [0.3, 0.4) is 0 Å². The van der Waals surface area contributed by atoms with Crippen molar-refractivity contribution in [3.05, 3.63) is 35.6 Å². The van der Waals surface area contributed by atoms with Crippen molar-refractivity contribution in [3.63, 3.8) is 0 Å². The first-order chi connectivity index (χ1) is 11.4. The molecule has 0 aromatic heterocycles. The molecule has 132 valence electrons. The molecule has 5 heteroatoms. The van der Waals surface area contributed by atoms with Crippen LogP contribution in [0, 0.1) is 17.7 Å². The van der Waals surface area contributed by atoms with Crippen LogP contribution in [0.25, 0.3) is 0 Å². The van der Waals surface area contributed by atoms with Crippen LogP contribution in [0.5, 0.6) is 0 Å². The van der Waals surface area contributed by atoms with E-state index < -0.39 is 12.1 Å². The Balaban J connectivity index is 1.82. The molecule has 1 aliphatic carbocycles. The van der Waals surface area contributed by atoms with Gasteiger partial charge < -0.3 is 10.1 Å². The number of nitrogens with one attached hydrogen (secondary N) is 1. The van der Waals surface area contributed by atoms with E-state index in [2.05, 4.69) is 19.2 Å². The molecule has 2 rings (SSSR count). The van der Waals surface area contributed by atoms with Gasteiger partial charge >= 0.3 is 5.97 Å². The van der Waals surface area contributed by atoms with Crippen molar-refractivity contribution in [1.82, 2.24) is 5.32 Å². The normalized spacial score (nSPS) is 24.9. The van der Waals surface area contributed by atoms with Crippen LogP contribution in [-0.2, 0) is 20.7 Å². The Morgan fingerprint density at radius 2 is 1.92 bits per heavy atom. The Morgan fingerprint density at radius 1 is 1.25 bits per heavy atom. The van der Waals surface area contributed by atoms with Gasteiger partial charge in [-0.1, -0.05) is 38.8 Å². The SMILES string of the molecule is C[C@@H]1[C@H](C)CCC[C@H]1NC(=O)[C@@H](C)OC(=O)Cc1ccc(F)cc1. The topological polar surface area (TPSA) is 55.4 Å². The molecule has 24 heavy (non-hydrogen) atoms. The third kappa shape index (κ3) is 5.05. The van der Waals surface area contributed by atoms with Gasteiger partial charge in [-0.3, -0.25) is 9.59 Å². The molecule has 0 aliphatic heterocycles. The first-order valence-corrected chi connectivity index (χ1v) is 8.61. The zero-order chi connectivity index (χ0) is 17.7. The maximum Gasteiger partial charge on any atom is 0.311 e. The third-order valence-electron chi connectivity index (χ3n) is 4.97. The van der Waals surface area contributed by atoms with Crippen molar-refractivity contribution in [2.24, 2.45) is 11.8 Å². The molecule has 4 nitrogen and oxygen atoms in total. The van der Waals surface area contributed by atoms with Crippen molar-refractivity contribution in [2.45, 2.75) is 58.6 Å². The number of hydrogen-bond donors (Lipinski definition) is 1. The highest BCUT2D eigenvalue weighted by atomic mass is 19.1. The van der Waals surface area contributed by atoms with Crippen molar-refractivity contribution < 1.29 is 18.7 Å². The number of ether oxygens (including phenoxy) is 1. The summed E-state index contributed by atoms with van der Waals surface area (Å²) in [5.74, 6) is -0.0939. The first kappa shape index (κ1) is 18.4. The zero-order valence-electron chi connectivity index (χ0n) is 14.5. The van der Waals surface area contributed by atoms with Gasteiger partial charge in [0.2, 0.25) is 0 Å². The summed E-state index contributed by atoms with van der Waals surface area (Å²) in [4.78, 5) is 24.2. The van der Waals surface area contributed by atoms with Crippen LogP contribution in [0.2, 0.25) is 0 Å². The number of carbonyl (C=O) groups is 2. The third-order valence-corrected chi connectivity index (χ3v) is 4.97. The summed E-state index contributed by atoms with van der Waals surface area (Å²) in [7, 11) is 0. The minimum absolute atomic E-state index is 0.0226. The number of hydrogen-bond acceptors (Lipinski definition) is 3. The largest absolute Gasteiger partial charge is 0.452 e. The minimum atomic E-state index is -0.831. The minimum Gasteiger partial charge on any atom is -0.452 e. The Hall–Kier alpha value is -1.91. The maximum atomic E-state index is 12.9. The number of rotatable bonds is 5. The monoisotopic (exact) mass is 335 g/mol. The van der Waals surface area contributed by atoms with E-state index in [0.29, 0.717) is 17.4 Å². The summed E-state index contributed by atoms with van der Waals surface area (Å²) in [5, 5.41) is 3.01. The molecule has 0 unspecified atom stereocenters. The van der Waals surface area contributed by atoms with E-state index in [9.17, 15) is 14.0 Å². The number of benzene rings is 1. The first-order valence-electron chi connectivity index (χ1n) is 8.61. The lowest BCUT2D eigenvalue weighted by Gasteiger charge is -2.35. The van der Waals surface area contributed by atoms with E-state index in [0.717, 1.165) is 12.8 Å². The van der Waals surface area contributed by atoms with Gasteiger partial charge in [0.05, 0.1) is 6.42 Å². The summed E-state index contributed by atoms with van der Waals surface area (Å²) in [6, 6.07) is 5.80. The highest BCUT2D eigenvalue weighted by Crippen LogP contribution is 2.29. The summed E-state index contributed by atoms with van der Waals surface area (Å²) in [6.07, 6.45) is 2.45. The van der Waals surface area contributed by atoms with Gasteiger partial charge in [0.15, 0.2) is 6.10 Å². The second-order valence-corrected chi connectivity index (χ2v) is 6.82. The van der Waals surface area contributed by atoms with Gasteiger partial charge in [-0.25, -0.2) is 4.39 Å². The van der Waals surface area contributed by atoms with E-state index in [1.54, 1.807) is 6.92 Å². The Morgan fingerprint density at radius 3 is 2.58 bits per heavy atom. The lowest BCUT2D eigenvalue weighted by molar-refractivity contribution is -0.154. The number of carbonyl (C=O) groups excluding carboxylic acids is 2. The lowest BCUT2D eigenvalue weighted by atomic mass is 9.78. The van der Waals surface area contributed by atoms with Gasteiger partial charge in [-0.05, 0) is 42.9 Å². The van der Waals surface area contributed by atoms with Crippen LogP contribution in [-0.4, -0.2) is 24.0 Å². The molecular formula is C19H26FNO3. The van der Waals surface area contributed by atoms with Gasteiger partial charge in [-0.2, -0.15) is 0 Å². The molecule has 1 amide bonds. The Kier molecular flexibility index (Phi) is 6.35. The molecule has 0 heterocycles. The van der Waals surface area contributed by atoms with Crippen LogP contribution in [0.15, 0.2) is 24.3 Å². The fourth-order valence-electron chi connectivity index (χ4n) is 3.15. The molecule has 1 aromatic rings. The Labute approximate surface area is 142 Å². The van der Waals surface area contributed by atoms with Crippen LogP contribution in [0.1, 0.15) is 45.6 Å². The predicted molar refractivity (Wildman–Crippen MR) is 89.8 cm³/mol. The van der Waals surface area contributed by atoms with E-state index in [1.807, 2.05) is 0 Å². The average Bonchev–Trinajstić information content (AvgIpc) is 2.54. The van der Waals surface area contributed by atoms with Gasteiger partial charge in [0, 0.05) is 6.04 Å². The molecule has 1 N–H and O–H groups in total. The van der Waals surface area contributed by atoms with Crippen LogP contribution < -0.4 is 5.32 Å². The lowest BCUT2D eigenvalue weighted by Crippen LogP contribution is -2.47. The van der Waals surface area contributed by atoms with E-state index in [4.69, 9.17) is 4.74 Å². The smallest absolute Gasteiger partial charge is 0.311 e. The van der Waals surface area contributed by atoms with Crippen LogP contribution >= 0.6 is 0 Å². The molecule has 0 spiro atoms. The highest BCUT2D eigenvalue weighted by Gasteiger charge is 2.30. The van der Waals surface area contributed by atoms with Gasteiger partial charge in [0.25, 0.3) is 5.91 Å². The average molecular weight is 335 g/mol. The van der Waals surface area contributed by atoms with Gasteiger partial charge in [-0.15, -0.1) is 0 Å². The van der Waals surface area contributed by atoms with E-state index in [1.165, 1.54) is 30.7 Å². The summed E-state index contributed by atoms with van der Waals surface area (Å²) in [6.45, 7) is 5.93. The molecule has 4 atom stereocenters. The van der Waals surface area contributed by atoms with Crippen molar-refractivity contribution in [1.29, 1.82) is 0 Å². The molecule has 0 radical (unpaired) electrons. The fraction of sp³-hybridized carbons (Fsp3) is 0.579. The van der Waals surface area contributed by atoms with Crippen molar-refractivity contribution >= 4 is 11.9 Å². The maximum absolute atomic E-state index is 12.9. The fourth-order valence-corrected chi connectivity index (χ4v) is 3.15. The van der Waals surface area contributed by atoms with E-state index >= 15 is 0 Å². The second-order valence-electron chi connectivity index (χ2n) is 6.82. The molecular weight excluding hydrogens is 309 g/mol. The molecule has 0 saturated heterocycles. The zero-order valence-corrected chi connectivity index (χ0v) is 14.5. The summed E-state index contributed by atoms with van der Waals surface area (Å²) in [5.41, 5.74) is 0.656. The predicted octanol–water partition coefficient (Wildman–Crippen LogP) is 3.24. The summed E-state index contributed by atoms with van der Waals surface area (Å²) >= 11 is 0. The second kappa shape index (κ2) is 8.27. The molecule has 1 aromatic carbocycles. The standard InChI is InChI=1S/C19H26FNO3/c1-12-5-4-6-17(13(12)2)21-19(23)14(3)24-18(22)11-15-7-9-16(20)10-8-15/h7-10,12-14,17H,4-6,11H2,1-3H3,(H,21,23)/t12-,13-,14-,17-/m1/s1. The number of esters is 1. The molecule has 1 fully saturated rings. The molecule has 0 bridgehead atoms. The quantitative estimate of drug-likeness (QED) is 0.841. The molecule has 1 saturated carbocycles. The summed E-state index contributed by atoms with van der Waals surface area (Å²) < 4.78 is 18.1. The highest BCUT2D eigenvalue weighted by molar-refractivity contribution is 5.84.